The average Bonchev–Trinajstić information content (AvgIpc) is 2.42. The second kappa shape index (κ2) is 7.47. The van der Waals surface area contributed by atoms with Crippen molar-refractivity contribution < 1.29 is 14.7 Å². The molecule has 1 aromatic rings. The van der Waals surface area contributed by atoms with Crippen LogP contribution in [0, 0.1) is 5.92 Å². The summed E-state index contributed by atoms with van der Waals surface area (Å²) in [6, 6.07) is 2.71. The Kier molecular flexibility index (Phi) is 5.96. The van der Waals surface area contributed by atoms with Crippen LogP contribution in [0.4, 0.5) is 4.79 Å². The van der Waals surface area contributed by atoms with Crippen LogP contribution in [0.5, 0.6) is 0 Å². The van der Waals surface area contributed by atoms with Crippen LogP contribution in [0.15, 0.2) is 18.3 Å². The standard InChI is InChI=1S/C14H21N3O3/c1-4-12(9(2)3)17-14(20)16-8-11-7-10(13(18)19)5-6-15-11/h5-7,9,12H,4,8H2,1-3H3,(H,18,19)(H2,16,17,20). The summed E-state index contributed by atoms with van der Waals surface area (Å²) in [6.45, 7) is 6.31. The van der Waals surface area contributed by atoms with Crippen LogP contribution in [0.1, 0.15) is 43.2 Å². The third-order valence-electron chi connectivity index (χ3n) is 3.05. The first-order valence-electron chi connectivity index (χ1n) is 6.66. The van der Waals surface area contributed by atoms with E-state index in [1.165, 1.54) is 18.3 Å². The Bertz CT molecular complexity index is 474. The van der Waals surface area contributed by atoms with Crippen molar-refractivity contribution in [3.05, 3.63) is 29.6 Å². The molecule has 3 N–H and O–H groups in total. The number of carboxylic acids is 1. The Morgan fingerprint density at radius 3 is 2.65 bits per heavy atom. The smallest absolute Gasteiger partial charge is 0.335 e. The maximum atomic E-state index is 11.7. The SMILES string of the molecule is CCC(NC(=O)NCc1cc(C(=O)O)ccn1)C(C)C. The number of aromatic carboxylic acids is 1. The monoisotopic (exact) mass is 279 g/mol. The highest BCUT2D eigenvalue weighted by atomic mass is 16.4. The van der Waals surface area contributed by atoms with Gasteiger partial charge in [-0.05, 0) is 24.5 Å². The number of amides is 2. The number of nitrogens with one attached hydrogen (secondary N) is 2. The Morgan fingerprint density at radius 2 is 2.10 bits per heavy atom. The molecule has 0 fully saturated rings. The van der Waals surface area contributed by atoms with Crippen LogP contribution >= 0.6 is 0 Å². The van der Waals surface area contributed by atoms with E-state index in [4.69, 9.17) is 5.11 Å². The highest BCUT2D eigenvalue weighted by Gasteiger charge is 2.13. The van der Waals surface area contributed by atoms with Gasteiger partial charge in [-0.15, -0.1) is 0 Å². The third-order valence-corrected chi connectivity index (χ3v) is 3.05. The van der Waals surface area contributed by atoms with Gasteiger partial charge >= 0.3 is 12.0 Å². The van der Waals surface area contributed by atoms with Crippen LogP contribution in [-0.2, 0) is 6.54 Å². The summed E-state index contributed by atoms with van der Waals surface area (Å²) < 4.78 is 0. The normalized spacial score (nSPS) is 12.0. The van der Waals surface area contributed by atoms with Crippen molar-refractivity contribution in [2.45, 2.75) is 39.8 Å². The fourth-order valence-electron chi connectivity index (χ4n) is 1.84. The van der Waals surface area contributed by atoms with Gasteiger partial charge in [0.15, 0.2) is 0 Å². The van der Waals surface area contributed by atoms with Crippen molar-refractivity contribution in [1.29, 1.82) is 0 Å². The molecule has 0 spiro atoms. The molecule has 20 heavy (non-hydrogen) atoms. The summed E-state index contributed by atoms with van der Waals surface area (Å²) in [5.74, 6) is -0.650. The van der Waals surface area contributed by atoms with E-state index >= 15 is 0 Å². The Labute approximate surface area is 118 Å². The summed E-state index contributed by atoms with van der Waals surface area (Å²) in [5, 5.41) is 14.4. The zero-order chi connectivity index (χ0) is 15.1. The van der Waals surface area contributed by atoms with Gasteiger partial charge in [0.05, 0.1) is 17.8 Å². The van der Waals surface area contributed by atoms with E-state index in [-0.39, 0.29) is 24.2 Å². The molecule has 6 heteroatoms. The summed E-state index contributed by atoms with van der Waals surface area (Å²) >= 11 is 0. The van der Waals surface area contributed by atoms with Gasteiger partial charge in [0.1, 0.15) is 0 Å². The lowest BCUT2D eigenvalue weighted by atomic mass is 10.0. The second-order valence-corrected chi connectivity index (χ2v) is 4.93. The van der Waals surface area contributed by atoms with E-state index in [1.54, 1.807) is 0 Å². The van der Waals surface area contributed by atoms with Crippen molar-refractivity contribution in [2.75, 3.05) is 0 Å². The van der Waals surface area contributed by atoms with Crippen LogP contribution in [0.2, 0.25) is 0 Å². The Hall–Kier alpha value is -2.11. The zero-order valence-electron chi connectivity index (χ0n) is 12.0. The molecule has 110 valence electrons. The van der Waals surface area contributed by atoms with Gasteiger partial charge in [0, 0.05) is 12.2 Å². The van der Waals surface area contributed by atoms with Gasteiger partial charge in [-0.1, -0.05) is 20.8 Å². The molecule has 1 heterocycles. The molecular formula is C14H21N3O3. The lowest BCUT2D eigenvalue weighted by Gasteiger charge is -2.20. The fraction of sp³-hybridized carbons (Fsp3) is 0.500. The number of rotatable bonds is 6. The largest absolute Gasteiger partial charge is 0.478 e. The first-order valence-corrected chi connectivity index (χ1v) is 6.66. The van der Waals surface area contributed by atoms with E-state index in [1.807, 2.05) is 20.8 Å². The van der Waals surface area contributed by atoms with E-state index in [0.29, 0.717) is 11.6 Å². The number of urea groups is 1. The molecule has 0 saturated carbocycles. The number of carbonyl (C=O) groups is 2. The number of carboxylic acid groups (broad SMARTS) is 1. The van der Waals surface area contributed by atoms with E-state index in [2.05, 4.69) is 15.6 Å². The van der Waals surface area contributed by atoms with E-state index in [9.17, 15) is 9.59 Å². The van der Waals surface area contributed by atoms with Gasteiger partial charge < -0.3 is 15.7 Å². The summed E-state index contributed by atoms with van der Waals surface area (Å²) in [7, 11) is 0. The molecule has 0 aromatic carbocycles. The molecule has 0 radical (unpaired) electrons. The van der Waals surface area contributed by atoms with Crippen LogP contribution in [0.25, 0.3) is 0 Å². The Balaban J connectivity index is 2.52. The molecule has 2 amide bonds. The third kappa shape index (κ3) is 4.87. The molecule has 1 aromatic heterocycles. The summed E-state index contributed by atoms with van der Waals surface area (Å²) in [6.07, 6.45) is 2.28. The van der Waals surface area contributed by atoms with Crippen molar-refractivity contribution in [3.63, 3.8) is 0 Å². The van der Waals surface area contributed by atoms with E-state index in [0.717, 1.165) is 6.42 Å². The Morgan fingerprint density at radius 1 is 1.40 bits per heavy atom. The second-order valence-electron chi connectivity index (χ2n) is 4.93. The van der Waals surface area contributed by atoms with Gasteiger partial charge in [-0.25, -0.2) is 9.59 Å². The molecule has 0 aliphatic heterocycles. The quantitative estimate of drug-likeness (QED) is 0.743. The molecule has 0 saturated heterocycles. The summed E-state index contributed by atoms with van der Waals surface area (Å²) in [5.41, 5.74) is 0.670. The minimum Gasteiger partial charge on any atom is -0.478 e. The minimum atomic E-state index is -1.01. The number of nitrogens with zero attached hydrogens (tertiary/aromatic N) is 1. The molecular weight excluding hydrogens is 258 g/mol. The summed E-state index contributed by atoms with van der Waals surface area (Å²) in [4.78, 5) is 26.6. The average molecular weight is 279 g/mol. The zero-order valence-corrected chi connectivity index (χ0v) is 12.0. The molecule has 1 rings (SSSR count). The van der Waals surface area contributed by atoms with Crippen molar-refractivity contribution >= 4 is 12.0 Å². The van der Waals surface area contributed by atoms with Crippen LogP contribution in [0.3, 0.4) is 0 Å². The maximum absolute atomic E-state index is 11.7. The van der Waals surface area contributed by atoms with Gasteiger partial charge in [0.25, 0.3) is 0 Å². The van der Waals surface area contributed by atoms with Crippen LogP contribution < -0.4 is 10.6 Å². The predicted octanol–water partition coefficient (Wildman–Crippen LogP) is 2.01. The van der Waals surface area contributed by atoms with Gasteiger partial charge in [-0.2, -0.15) is 0 Å². The first kappa shape index (κ1) is 15.9. The molecule has 1 unspecified atom stereocenters. The van der Waals surface area contributed by atoms with Gasteiger partial charge in [0.2, 0.25) is 0 Å². The van der Waals surface area contributed by atoms with Crippen molar-refractivity contribution in [1.82, 2.24) is 15.6 Å². The molecule has 0 bridgehead atoms. The molecule has 0 aliphatic carbocycles. The van der Waals surface area contributed by atoms with E-state index < -0.39 is 5.97 Å². The fourth-order valence-corrected chi connectivity index (χ4v) is 1.84. The molecule has 1 atom stereocenters. The van der Waals surface area contributed by atoms with Crippen LogP contribution in [-0.4, -0.2) is 28.1 Å². The lowest BCUT2D eigenvalue weighted by Crippen LogP contribution is -2.44. The topological polar surface area (TPSA) is 91.3 Å². The number of pyridine rings is 1. The number of aromatic nitrogens is 1. The highest BCUT2D eigenvalue weighted by molar-refractivity contribution is 5.87. The van der Waals surface area contributed by atoms with Crippen molar-refractivity contribution in [2.24, 2.45) is 5.92 Å². The number of carbonyl (C=O) groups excluding carboxylic acids is 1. The molecule has 0 aliphatic rings. The first-order chi connectivity index (χ1) is 9.43. The maximum Gasteiger partial charge on any atom is 0.335 e. The minimum absolute atomic E-state index is 0.119. The lowest BCUT2D eigenvalue weighted by molar-refractivity contribution is 0.0696. The number of hydrogen-bond acceptors (Lipinski definition) is 3. The predicted molar refractivity (Wildman–Crippen MR) is 75.5 cm³/mol. The number of hydrogen-bond donors (Lipinski definition) is 3. The van der Waals surface area contributed by atoms with Gasteiger partial charge in [-0.3, -0.25) is 4.98 Å². The van der Waals surface area contributed by atoms with Crippen molar-refractivity contribution in [3.8, 4) is 0 Å². The molecule has 6 nitrogen and oxygen atoms in total. The highest BCUT2D eigenvalue weighted by Crippen LogP contribution is 2.05.